The van der Waals surface area contributed by atoms with Crippen molar-refractivity contribution in [3.05, 3.63) is 6.92 Å². The van der Waals surface area contributed by atoms with Crippen molar-refractivity contribution in [3.63, 3.8) is 0 Å². The maximum absolute atomic E-state index is 12.3. The van der Waals surface area contributed by atoms with Gasteiger partial charge in [0.25, 0.3) is 5.97 Å². The molecule has 0 aromatic carbocycles. The molecule has 0 spiro atoms. The minimum atomic E-state index is -1.17. The van der Waals surface area contributed by atoms with Crippen molar-refractivity contribution in [2.24, 2.45) is 11.7 Å². The van der Waals surface area contributed by atoms with Crippen LogP contribution in [0, 0.1) is 12.8 Å². The zero-order valence-corrected chi connectivity index (χ0v) is 45.2. The Balaban J connectivity index is -0.00000708. The summed E-state index contributed by atoms with van der Waals surface area (Å²) in [6.07, 6.45) is 17.0. The topological polar surface area (TPSA) is 325 Å². The number of thioether (sulfide) groups is 1. The first kappa shape index (κ1) is 71.1. The van der Waals surface area contributed by atoms with E-state index < -0.39 is 29.9 Å². The zero-order chi connectivity index (χ0) is 51.8. The second kappa shape index (κ2) is 52.2. The number of nitrogens with one attached hydrogen (secondary N) is 4. The van der Waals surface area contributed by atoms with Gasteiger partial charge in [0.15, 0.2) is 0 Å². The second-order valence-corrected chi connectivity index (χ2v) is 17.4. The van der Waals surface area contributed by atoms with E-state index in [1.54, 1.807) is 6.92 Å². The van der Waals surface area contributed by atoms with Gasteiger partial charge in [-0.2, -0.15) is 11.8 Å². The number of Topliss-reactive ketones (excluding diaryl/α,β-unsaturated/α-hetero) is 1. The third-order valence-electron chi connectivity index (χ3n) is 9.80. The summed E-state index contributed by atoms with van der Waals surface area (Å²) >= 11 is 1.16. The third kappa shape index (κ3) is 54.2. The Morgan fingerprint density at radius 2 is 1.00 bits per heavy atom. The van der Waals surface area contributed by atoms with Crippen LogP contribution in [0.4, 0.5) is 0 Å². The number of carboxylic acids is 3. The van der Waals surface area contributed by atoms with Crippen LogP contribution in [0.3, 0.4) is 0 Å². The molecule has 9 N–H and O–H groups in total. The van der Waals surface area contributed by atoms with Gasteiger partial charge in [-0.1, -0.05) is 83.0 Å². The molecule has 403 valence electrons. The van der Waals surface area contributed by atoms with E-state index in [1.807, 2.05) is 0 Å². The predicted molar refractivity (Wildman–Crippen MR) is 260 cm³/mol. The molecule has 0 aromatic heterocycles. The van der Waals surface area contributed by atoms with E-state index in [9.17, 15) is 48.3 Å². The van der Waals surface area contributed by atoms with Gasteiger partial charge in [-0.05, 0) is 38.4 Å². The summed E-state index contributed by atoms with van der Waals surface area (Å²) in [6, 6.07) is -1.41. The average molecular weight is 1100 g/mol. The van der Waals surface area contributed by atoms with Gasteiger partial charge in [0.1, 0.15) is 31.3 Å². The van der Waals surface area contributed by atoms with Crippen LogP contribution in [0.25, 0.3) is 0 Å². The molecule has 0 aliphatic carbocycles. The maximum atomic E-state index is 12.3. The number of carboxylic acid groups (broad SMARTS) is 3. The molecule has 21 nitrogen and oxygen atoms in total. The van der Waals surface area contributed by atoms with Crippen molar-refractivity contribution >= 4 is 65.4 Å². The number of hydrogen-bond acceptors (Lipinski definition) is 15. The van der Waals surface area contributed by atoms with E-state index >= 15 is 0 Å². The summed E-state index contributed by atoms with van der Waals surface area (Å²) in [6.45, 7) is 6.71. The summed E-state index contributed by atoms with van der Waals surface area (Å²) in [7, 11) is 0. The Morgan fingerprint density at radius 3 is 1.47 bits per heavy atom. The molecule has 0 rings (SSSR count). The number of aldehydes is 1. The van der Waals surface area contributed by atoms with Crippen LogP contribution in [0.15, 0.2) is 0 Å². The van der Waals surface area contributed by atoms with E-state index in [2.05, 4.69) is 28.2 Å². The van der Waals surface area contributed by atoms with Crippen LogP contribution >= 0.6 is 11.8 Å². The number of aliphatic carboxylic acids is 3. The Labute approximate surface area is 444 Å². The molecule has 23 heteroatoms. The summed E-state index contributed by atoms with van der Waals surface area (Å²) in [5.41, 5.74) is 4.92. The second-order valence-electron chi connectivity index (χ2n) is 16.4. The fourth-order valence-corrected chi connectivity index (χ4v) is 6.80. The van der Waals surface area contributed by atoms with Crippen LogP contribution in [0.2, 0.25) is 0 Å². The number of carbonyl (C=O) groups is 9. The van der Waals surface area contributed by atoms with Crippen LogP contribution in [-0.2, 0) is 94.8 Å². The molecule has 0 aromatic rings. The molecule has 0 bridgehead atoms. The van der Waals surface area contributed by atoms with Gasteiger partial charge < -0.3 is 73.0 Å². The minimum absolute atomic E-state index is 0. The molecule has 4 amide bonds. The summed E-state index contributed by atoms with van der Waals surface area (Å²) < 4.78 is 21.3. The Morgan fingerprint density at radius 1 is 0.557 bits per heavy atom. The third-order valence-corrected chi connectivity index (χ3v) is 10.9. The Hall–Kier alpha value is -3.12. The van der Waals surface area contributed by atoms with Crippen LogP contribution in [0.1, 0.15) is 135 Å². The zero-order valence-electron chi connectivity index (χ0n) is 41.6. The van der Waals surface area contributed by atoms with Crippen LogP contribution in [-0.4, -0.2) is 165 Å². The number of carbonyl (C=O) groups excluding carboxylic acids is 6. The molecule has 0 fully saturated rings. The van der Waals surface area contributed by atoms with Crippen molar-refractivity contribution < 1.29 is 110 Å². The number of nitrogens with two attached hydrogens (primary N) is 1. The molecule has 70 heavy (non-hydrogen) atoms. The molecule has 3 atom stereocenters. The molecule has 0 aliphatic heterocycles. The number of ketones is 1. The number of unbranched alkanes of at least 4 members (excludes halogenated alkanes) is 13. The van der Waals surface area contributed by atoms with E-state index in [0.717, 1.165) is 50.3 Å². The monoisotopic (exact) mass is 1100 g/mol. The quantitative estimate of drug-likeness (QED) is 0.0246. The van der Waals surface area contributed by atoms with Crippen molar-refractivity contribution in [1.82, 2.24) is 21.3 Å². The van der Waals surface area contributed by atoms with Crippen molar-refractivity contribution in [3.8, 4) is 0 Å². The number of ether oxygens (including phenoxy) is 4. The molecule has 0 heterocycles. The van der Waals surface area contributed by atoms with Gasteiger partial charge in [0, 0.05) is 84.6 Å². The summed E-state index contributed by atoms with van der Waals surface area (Å²) in [5, 5.41) is 37.4. The molecular weight excluding hydrogens is 1010 g/mol. The van der Waals surface area contributed by atoms with Crippen molar-refractivity contribution in [1.29, 1.82) is 0 Å². The normalized spacial score (nSPS) is 11.9. The molecule has 1 radical (unpaired) electrons. The van der Waals surface area contributed by atoms with E-state index in [0.29, 0.717) is 25.7 Å². The number of amides is 4. The predicted octanol–water partition coefficient (Wildman–Crippen LogP) is 3.22. The van der Waals surface area contributed by atoms with Gasteiger partial charge in [-0.3, -0.25) is 33.6 Å². The molecule has 0 saturated carbocycles. The van der Waals surface area contributed by atoms with E-state index in [1.165, 1.54) is 44.9 Å². The minimum Gasteiger partial charge on any atom is -0.483 e. The SMILES string of the molecule is C[C@H](N)C=O.[CH2-][C@@H](CSCC(=O)NCCNC(=O)COCCOCCNC(=O)COCCOCCCC(=O)CC[C@H](NC(=O)CCCCCCCCCCCCCCCCC(=O)O)C(=O)O)C(=O)O.[Y]. The Bertz CT molecular complexity index is 1420. The molecule has 0 saturated heterocycles. The first-order valence-corrected chi connectivity index (χ1v) is 25.5. The first-order valence-electron chi connectivity index (χ1n) is 24.3. The summed E-state index contributed by atoms with van der Waals surface area (Å²) in [5.74, 6) is -4.77. The molecular formula is C47H84N5O16SY-. The van der Waals surface area contributed by atoms with Crippen LogP contribution < -0.4 is 27.0 Å². The fourth-order valence-electron chi connectivity index (χ4n) is 5.96. The first-order chi connectivity index (χ1) is 33.1. The number of rotatable bonds is 48. The van der Waals surface area contributed by atoms with Gasteiger partial charge in [-0.25, -0.2) is 4.79 Å². The van der Waals surface area contributed by atoms with Gasteiger partial charge in [0.05, 0.1) is 44.8 Å². The molecule has 0 aliphatic rings. The van der Waals surface area contributed by atoms with Crippen molar-refractivity contribution in [2.45, 2.75) is 147 Å². The van der Waals surface area contributed by atoms with E-state index in [-0.39, 0.29) is 178 Å². The average Bonchev–Trinajstić information content (AvgIpc) is 3.30. The van der Waals surface area contributed by atoms with E-state index in [4.69, 9.17) is 34.9 Å². The summed E-state index contributed by atoms with van der Waals surface area (Å²) in [4.78, 5) is 102. The van der Waals surface area contributed by atoms with Gasteiger partial charge in [0.2, 0.25) is 23.6 Å². The standard InChI is InChI=1S/C44H77N4O15S.C3H7NO.Y/c1-35(43(56)57)33-64-34-41(53)46-23-22-45-39(51)31-63-30-28-61-26-24-47-40(52)32-62-29-27-60-25-16-17-36(49)20-21-37(44(58)59)48-38(50)18-14-12-10-8-6-4-2-3-5-7-9-11-13-15-19-42(54)55;1-3(4)2-5;/h35,37H,1-34H2,(H,45,51)(H,46,53)(H,47,52)(H,48,50)(H,54,55)(H,56,57)(H,58,59);2-3H,4H2,1H3;/q-1;;/t35-,37-;3-;/m00./s1. The largest absolute Gasteiger partial charge is 0.483 e. The Kier molecular flexibility index (Phi) is 53.1. The smallest absolute Gasteiger partial charge is 0.326 e. The van der Waals surface area contributed by atoms with Crippen LogP contribution in [0.5, 0.6) is 0 Å². The fraction of sp³-hybridized carbons (Fsp3) is 0.787. The number of hydrogen-bond donors (Lipinski definition) is 8. The van der Waals surface area contributed by atoms with Gasteiger partial charge >= 0.3 is 11.9 Å². The molecule has 0 unspecified atom stereocenters. The maximum Gasteiger partial charge on any atom is 0.326 e. The van der Waals surface area contributed by atoms with Crippen molar-refractivity contribution in [2.75, 3.05) is 84.0 Å². The van der Waals surface area contributed by atoms with Gasteiger partial charge in [-0.15, -0.1) is 0 Å².